The zero-order valence-corrected chi connectivity index (χ0v) is 13.3. The van der Waals surface area contributed by atoms with Crippen molar-refractivity contribution < 1.29 is 9.00 Å². The Morgan fingerprint density at radius 2 is 1.91 bits per heavy atom. The summed E-state index contributed by atoms with van der Waals surface area (Å²) < 4.78 is 18.9. The quantitative estimate of drug-likeness (QED) is 0.797. The number of nitrogens with zero attached hydrogens (tertiary/aromatic N) is 1. The van der Waals surface area contributed by atoms with Gasteiger partial charge in [0, 0.05) is 5.69 Å². The normalized spacial score (nSPS) is 17.5. The minimum atomic E-state index is -3.32. The zero-order valence-electron chi connectivity index (χ0n) is 11.6. The summed E-state index contributed by atoms with van der Waals surface area (Å²) >= 11 is 0.912. The molecule has 1 heterocycles. The van der Waals surface area contributed by atoms with Crippen molar-refractivity contribution in [2.45, 2.75) is 29.9 Å². The summed E-state index contributed by atoms with van der Waals surface area (Å²) in [5.74, 6) is -0.325. The van der Waals surface area contributed by atoms with Crippen LogP contribution in [0.15, 0.2) is 16.5 Å². The van der Waals surface area contributed by atoms with Gasteiger partial charge in [-0.2, -0.15) is 0 Å². The highest BCUT2D eigenvalue weighted by atomic mass is 32.2. The van der Waals surface area contributed by atoms with E-state index in [1.54, 1.807) is 0 Å². The number of hydrogen-bond donors (Lipinski definition) is 3. The van der Waals surface area contributed by atoms with Crippen LogP contribution in [0.2, 0.25) is 0 Å². The van der Waals surface area contributed by atoms with Crippen LogP contribution >= 0.6 is 11.3 Å². The van der Waals surface area contributed by atoms with E-state index in [0.29, 0.717) is 0 Å². The molecule has 1 atom stereocenters. The largest absolute Gasteiger partial charge is 0.319 e. The van der Waals surface area contributed by atoms with Gasteiger partial charge in [-0.15, -0.1) is 0 Å². The van der Waals surface area contributed by atoms with E-state index in [9.17, 15) is 9.00 Å². The van der Waals surface area contributed by atoms with Crippen molar-refractivity contribution in [1.82, 2.24) is 4.98 Å². The number of carbonyl (C=O) groups excluding carboxylic acids is 1. The van der Waals surface area contributed by atoms with E-state index in [0.717, 1.165) is 42.7 Å². The number of benzene rings is 1. The third kappa shape index (κ3) is 2.06. The average molecular weight is 334 g/mol. The number of nitrogens with two attached hydrogens (primary N) is 1. The topological polar surface area (TPSA) is 109 Å². The maximum atomic E-state index is 12.4. The first kappa shape index (κ1) is 13.9. The summed E-state index contributed by atoms with van der Waals surface area (Å²) in [6, 6.07) is 2.25. The Morgan fingerprint density at radius 3 is 2.36 bits per heavy atom. The molecule has 0 saturated heterocycles. The number of rotatable bonds is 3. The van der Waals surface area contributed by atoms with Crippen LogP contribution in [-0.4, -0.2) is 15.1 Å². The van der Waals surface area contributed by atoms with Crippen LogP contribution in [0.25, 0.3) is 0 Å². The van der Waals surface area contributed by atoms with Gasteiger partial charge in [0.25, 0.3) is 5.91 Å². The smallest absolute Gasteiger partial charge is 0.284 e. The number of hydrogen-bond acceptors (Lipinski definition) is 5. The fourth-order valence-electron chi connectivity index (χ4n) is 2.89. The molecule has 1 amide bonds. The lowest BCUT2D eigenvalue weighted by Gasteiger charge is -2.32. The van der Waals surface area contributed by atoms with Gasteiger partial charge in [-0.3, -0.25) is 4.79 Å². The molecule has 114 valence electrons. The van der Waals surface area contributed by atoms with Gasteiger partial charge in [-0.25, -0.2) is 19.1 Å². The fourth-order valence-corrected chi connectivity index (χ4v) is 4.38. The van der Waals surface area contributed by atoms with Crippen molar-refractivity contribution in [3.8, 4) is 0 Å². The second-order valence-electron chi connectivity index (χ2n) is 5.57. The molecule has 0 spiro atoms. The molecule has 0 fully saturated rings. The highest BCUT2D eigenvalue weighted by Crippen LogP contribution is 2.40. The molecule has 0 bridgehead atoms. The number of amides is 1. The molecule has 8 heteroatoms. The van der Waals surface area contributed by atoms with Crippen molar-refractivity contribution in [2.75, 3.05) is 5.32 Å². The van der Waals surface area contributed by atoms with E-state index in [2.05, 4.69) is 16.4 Å². The molecule has 1 aromatic carbocycles. The Balaban J connectivity index is 1.65. The first-order valence-corrected chi connectivity index (χ1v) is 9.37. The molecule has 2 aliphatic carbocycles. The molecule has 1 aromatic heterocycles. The minimum absolute atomic E-state index is 0.117. The van der Waals surface area contributed by atoms with E-state index in [1.165, 1.54) is 28.5 Å². The Hall–Kier alpha value is -1.77. The number of aryl methyl sites for hydroxylation is 2. The predicted octanol–water partition coefficient (Wildman–Crippen LogP) is 1.87. The van der Waals surface area contributed by atoms with E-state index in [4.69, 9.17) is 9.92 Å². The van der Waals surface area contributed by atoms with Gasteiger partial charge in [-0.1, -0.05) is 17.4 Å². The first-order chi connectivity index (χ1) is 10.4. The van der Waals surface area contributed by atoms with Crippen LogP contribution in [0, 0.1) is 4.78 Å². The van der Waals surface area contributed by atoms with Gasteiger partial charge >= 0.3 is 0 Å². The molecular weight excluding hydrogens is 320 g/mol. The highest BCUT2D eigenvalue weighted by Gasteiger charge is 2.28. The third-order valence-corrected chi connectivity index (χ3v) is 6.72. The first-order valence-electron chi connectivity index (χ1n) is 6.94. The molecule has 0 aliphatic heterocycles. The maximum absolute atomic E-state index is 12.4. The molecule has 0 saturated carbocycles. The average Bonchev–Trinajstić information content (AvgIpc) is 2.84. The van der Waals surface area contributed by atoms with Crippen LogP contribution in [0.1, 0.15) is 32.1 Å². The predicted molar refractivity (Wildman–Crippen MR) is 84.6 cm³/mol. The Morgan fingerprint density at radius 1 is 1.27 bits per heavy atom. The van der Waals surface area contributed by atoms with Crippen LogP contribution in [0.3, 0.4) is 0 Å². The maximum Gasteiger partial charge on any atom is 0.284 e. The summed E-state index contributed by atoms with van der Waals surface area (Å²) in [4.78, 5) is 16.3. The molecule has 6 nitrogen and oxygen atoms in total. The Kier molecular flexibility index (Phi) is 2.91. The number of fused-ring (bicyclic) bond motifs is 2. The molecule has 4 rings (SSSR count). The second-order valence-corrected chi connectivity index (χ2v) is 8.50. The molecule has 4 N–H and O–H groups in total. The molecule has 1 unspecified atom stereocenters. The summed E-state index contributed by atoms with van der Waals surface area (Å²) in [7, 11) is -3.32. The summed E-state index contributed by atoms with van der Waals surface area (Å²) in [6.45, 7) is 0. The highest BCUT2D eigenvalue weighted by molar-refractivity contribution is 7.92. The van der Waals surface area contributed by atoms with E-state index >= 15 is 0 Å². The van der Waals surface area contributed by atoms with Gasteiger partial charge in [0.1, 0.15) is 14.1 Å². The number of aromatic nitrogens is 1. The fraction of sp³-hybridized carbons (Fsp3) is 0.286. The van der Waals surface area contributed by atoms with Crippen LogP contribution in [0.5, 0.6) is 0 Å². The van der Waals surface area contributed by atoms with Crippen molar-refractivity contribution >= 4 is 32.8 Å². The molecule has 22 heavy (non-hydrogen) atoms. The van der Waals surface area contributed by atoms with Crippen LogP contribution < -0.4 is 10.5 Å². The van der Waals surface area contributed by atoms with Crippen molar-refractivity contribution in [2.24, 2.45) is 5.14 Å². The third-order valence-electron chi connectivity index (χ3n) is 4.23. The lowest BCUT2D eigenvalue weighted by molar-refractivity contribution is 0.102. The monoisotopic (exact) mass is 334 g/mol. The minimum Gasteiger partial charge on any atom is -0.319 e. The van der Waals surface area contributed by atoms with E-state index in [1.807, 2.05) is 0 Å². The lowest BCUT2D eigenvalue weighted by atomic mass is 9.76. The summed E-state index contributed by atoms with van der Waals surface area (Å²) in [5.41, 5.74) is 6.04. The molecular formula is C14H14N4O2S2. The number of anilines is 1. The van der Waals surface area contributed by atoms with Gasteiger partial charge in [0.05, 0.1) is 6.20 Å². The van der Waals surface area contributed by atoms with Crippen molar-refractivity contribution in [3.63, 3.8) is 0 Å². The molecule has 2 aromatic rings. The van der Waals surface area contributed by atoms with Crippen molar-refractivity contribution in [1.29, 1.82) is 4.78 Å². The van der Waals surface area contributed by atoms with Gasteiger partial charge in [0.2, 0.25) is 0 Å². The van der Waals surface area contributed by atoms with E-state index < -0.39 is 9.92 Å². The van der Waals surface area contributed by atoms with Crippen LogP contribution in [0.4, 0.5) is 5.69 Å². The SMILES string of the molecule is N=S(N)(=O)c1cnc(C(=O)Nc2c3c(cc4c2CC4)CC3)s1. The zero-order chi connectivity index (χ0) is 15.5. The molecule has 0 radical (unpaired) electrons. The summed E-state index contributed by atoms with van der Waals surface area (Å²) in [5, 5.41) is 8.41. The Labute approximate surface area is 131 Å². The molecule has 2 aliphatic rings. The van der Waals surface area contributed by atoms with Gasteiger partial charge in [-0.05, 0) is 47.9 Å². The summed E-state index contributed by atoms with van der Waals surface area (Å²) in [6.07, 6.45) is 5.37. The van der Waals surface area contributed by atoms with Gasteiger partial charge < -0.3 is 5.32 Å². The number of nitrogens with one attached hydrogen (secondary N) is 2. The van der Waals surface area contributed by atoms with E-state index in [-0.39, 0.29) is 15.1 Å². The second kappa shape index (κ2) is 4.61. The van der Waals surface area contributed by atoms with Gasteiger partial charge in [0.15, 0.2) is 5.01 Å². The standard InChI is InChI=1S/C14H14N4O2S2/c15-22(16,20)11-6-17-14(21-11)13(19)18-12-9-3-1-7(9)5-8-2-4-10(8)12/h5-6H,1-4H2,(H,18,19)(H3,15,16,20). The lowest BCUT2D eigenvalue weighted by Crippen LogP contribution is -2.24. The van der Waals surface area contributed by atoms with Crippen LogP contribution in [-0.2, 0) is 35.6 Å². The number of carbonyl (C=O) groups is 1. The Bertz CT molecular complexity index is 885. The number of thiazole rings is 1. The van der Waals surface area contributed by atoms with Crippen molar-refractivity contribution in [3.05, 3.63) is 39.5 Å².